The average Bonchev–Trinajstić information content (AvgIpc) is 3.07. The van der Waals surface area contributed by atoms with Gasteiger partial charge >= 0.3 is 0 Å². The first-order valence-electron chi connectivity index (χ1n) is 7.57. The molecule has 0 aromatic rings. The first kappa shape index (κ1) is 15.0. The van der Waals surface area contributed by atoms with Gasteiger partial charge in [-0.05, 0) is 70.0 Å². The van der Waals surface area contributed by atoms with Gasteiger partial charge in [-0.2, -0.15) is 0 Å². The molecule has 0 saturated heterocycles. The van der Waals surface area contributed by atoms with Gasteiger partial charge in [-0.3, -0.25) is 0 Å². The summed E-state index contributed by atoms with van der Waals surface area (Å²) in [6.07, 6.45) is 8.13. The molecule has 1 rings (SSSR count). The van der Waals surface area contributed by atoms with Crippen molar-refractivity contribution in [3.8, 4) is 0 Å². The summed E-state index contributed by atoms with van der Waals surface area (Å²) in [5, 5.41) is 0. The monoisotopic (exact) mass is 240 g/mol. The quantitative estimate of drug-likeness (QED) is 0.635. The third-order valence-corrected chi connectivity index (χ3v) is 3.86. The van der Waals surface area contributed by atoms with Crippen LogP contribution in [0, 0.1) is 11.8 Å². The molecule has 1 saturated carbocycles. The molecule has 0 aromatic heterocycles. The fourth-order valence-electron chi connectivity index (χ4n) is 2.41. The van der Waals surface area contributed by atoms with Crippen LogP contribution in [0.3, 0.4) is 0 Å². The summed E-state index contributed by atoms with van der Waals surface area (Å²) in [7, 11) is 0. The second-order valence-electron chi connectivity index (χ2n) is 6.27. The summed E-state index contributed by atoms with van der Waals surface area (Å²) < 4.78 is 0. The van der Waals surface area contributed by atoms with E-state index in [1.807, 2.05) is 0 Å². The molecular weight excluding hydrogens is 208 g/mol. The predicted molar refractivity (Wildman–Crippen MR) is 76.1 cm³/mol. The lowest BCUT2D eigenvalue weighted by molar-refractivity contribution is 0.237. The van der Waals surface area contributed by atoms with E-state index >= 15 is 0 Å². The highest BCUT2D eigenvalue weighted by Gasteiger charge is 2.28. The smallest absolute Gasteiger partial charge is 0.00964 e. The average molecular weight is 240 g/mol. The summed E-state index contributed by atoms with van der Waals surface area (Å²) >= 11 is 0. The Hall–Kier alpha value is -0.0800. The standard InChI is InChI=1S/C15H32N2/c1-13(2)9-12-17(15-6-7-15)11-4-5-14(3)8-10-16/h13-15H,4-12,16H2,1-3H3. The minimum Gasteiger partial charge on any atom is -0.330 e. The molecule has 0 bridgehead atoms. The van der Waals surface area contributed by atoms with Crippen LogP contribution in [0.25, 0.3) is 0 Å². The number of hydrogen-bond donors (Lipinski definition) is 1. The Morgan fingerprint density at radius 2 is 1.76 bits per heavy atom. The van der Waals surface area contributed by atoms with Crippen LogP contribution in [0.2, 0.25) is 0 Å². The van der Waals surface area contributed by atoms with Gasteiger partial charge < -0.3 is 10.6 Å². The van der Waals surface area contributed by atoms with Gasteiger partial charge in [-0.25, -0.2) is 0 Å². The Balaban J connectivity index is 2.11. The molecule has 1 unspecified atom stereocenters. The zero-order chi connectivity index (χ0) is 12.7. The third kappa shape index (κ3) is 7.05. The fraction of sp³-hybridized carbons (Fsp3) is 1.00. The van der Waals surface area contributed by atoms with Gasteiger partial charge in [-0.1, -0.05) is 20.8 Å². The van der Waals surface area contributed by atoms with Crippen molar-refractivity contribution in [2.24, 2.45) is 17.6 Å². The lowest BCUT2D eigenvalue weighted by Crippen LogP contribution is -2.29. The maximum Gasteiger partial charge on any atom is 0.00964 e. The van der Waals surface area contributed by atoms with Crippen molar-refractivity contribution >= 4 is 0 Å². The van der Waals surface area contributed by atoms with E-state index < -0.39 is 0 Å². The van der Waals surface area contributed by atoms with Gasteiger partial charge in [0.1, 0.15) is 0 Å². The maximum absolute atomic E-state index is 5.59. The molecule has 1 aliphatic rings. The van der Waals surface area contributed by atoms with Crippen LogP contribution >= 0.6 is 0 Å². The van der Waals surface area contributed by atoms with E-state index in [9.17, 15) is 0 Å². The van der Waals surface area contributed by atoms with Gasteiger partial charge in [0.2, 0.25) is 0 Å². The predicted octanol–water partition coefficient (Wildman–Crippen LogP) is 3.26. The van der Waals surface area contributed by atoms with Crippen LogP contribution in [0.4, 0.5) is 0 Å². The van der Waals surface area contributed by atoms with E-state index in [1.165, 1.54) is 51.6 Å². The summed E-state index contributed by atoms with van der Waals surface area (Å²) in [5.41, 5.74) is 5.59. The first-order valence-corrected chi connectivity index (χ1v) is 7.57. The van der Waals surface area contributed by atoms with Crippen LogP contribution in [0.15, 0.2) is 0 Å². The Kier molecular flexibility index (Phi) is 7.14. The molecule has 102 valence electrons. The molecule has 0 aromatic carbocycles. The lowest BCUT2D eigenvalue weighted by Gasteiger charge is -2.23. The fourth-order valence-corrected chi connectivity index (χ4v) is 2.41. The molecule has 2 nitrogen and oxygen atoms in total. The van der Waals surface area contributed by atoms with Crippen LogP contribution in [0.5, 0.6) is 0 Å². The van der Waals surface area contributed by atoms with Gasteiger partial charge in [0.15, 0.2) is 0 Å². The van der Waals surface area contributed by atoms with Crippen LogP contribution < -0.4 is 5.73 Å². The molecule has 1 aliphatic carbocycles. The summed E-state index contributed by atoms with van der Waals surface area (Å²) in [6, 6.07) is 0.929. The van der Waals surface area contributed by atoms with Gasteiger partial charge in [0.05, 0.1) is 0 Å². The van der Waals surface area contributed by atoms with E-state index in [1.54, 1.807) is 0 Å². The number of hydrogen-bond acceptors (Lipinski definition) is 2. The van der Waals surface area contributed by atoms with Crippen molar-refractivity contribution in [1.82, 2.24) is 4.90 Å². The molecule has 17 heavy (non-hydrogen) atoms. The van der Waals surface area contributed by atoms with Gasteiger partial charge in [0.25, 0.3) is 0 Å². The SMILES string of the molecule is CC(C)CCN(CCCC(C)CCN)C1CC1. The maximum atomic E-state index is 5.59. The highest BCUT2D eigenvalue weighted by molar-refractivity contribution is 4.84. The zero-order valence-corrected chi connectivity index (χ0v) is 12.1. The molecule has 2 heteroatoms. The Bertz CT molecular complexity index is 187. The Labute approximate surface area is 108 Å². The number of nitrogens with two attached hydrogens (primary N) is 1. The molecule has 0 radical (unpaired) electrons. The second kappa shape index (κ2) is 8.10. The van der Waals surface area contributed by atoms with E-state index in [-0.39, 0.29) is 0 Å². The number of rotatable bonds is 10. The molecule has 2 N–H and O–H groups in total. The summed E-state index contributed by atoms with van der Waals surface area (Å²) in [6.45, 7) is 10.5. The zero-order valence-electron chi connectivity index (χ0n) is 12.1. The summed E-state index contributed by atoms with van der Waals surface area (Å²) in [4.78, 5) is 2.73. The van der Waals surface area contributed by atoms with Crippen LogP contribution in [0.1, 0.15) is 59.3 Å². The molecule has 1 atom stereocenters. The molecule has 0 spiro atoms. The highest BCUT2D eigenvalue weighted by Crippen LogP contribution is 2.28. The minimum atomic E-state index is 0.811. The van der Waals surface area contributed by atoms with Crippen molar-refractivity contribution in [3.63, 3.8) is 0 Å². The van der Waals surface area contributed by atoms with Crippen molar-refractivity contribution < 1.29 is 0 Å². The van der Waals surface area contributed by atoms with E-state index in [0.717, 1.165) is 24.4 Å². The van der Waals surface area contributed by atoms with Crippen molar-refractivity contribution in [2.45, 2.75) is 65.3 Å². The molecular formula is C15H32N2. The molecule has 0 aliphatic heterocycles. The van der Waals surface area contributed by atoms with E-state index in [4.69, 9.17) is 5.73 Å². The van der Waals surface area contributed by atoms with Crippen molar-refractivity contribution in [2.75, 3.05) is 19.6 Å². The van der Waals surface area contributed by atoms with Gasteiger partial charge in [-0.15, -0.1) is 0 Å². The number of nitrogens with zero attached hydrogens (tertiary/aromatic N) is 1. The van der Waals surface area contributed by atoms with Crippen molar-refractivity contribution in [1.29, 1.82) is 0 Å². The minimum absolute atomic E-state index is 0.811. The van der Waals surface area contributed by atoms with Gasteiger partial charge in [0, 0.05) is 6.04 Å². The van der Waals surface area contributed by atoms with Crippen molar-refractivity contribution in [3.05, 3.63) is 0 Å². The first-order chi connectivity index (χ1) is 8.13. The topological polar surface area (TPSA) is 29.3 Å². The van der Waals surface area contributed by atoms with Crippen LogP contribution in [-0.4, -0.2) is 30.6 Å². The van der Waals surface area contributed by atoms with E-state index in [2.05, 4.69) is 25.7 Å². The lowest BCUT2D eigenvalue weighted by atomic mass is 10.0. The third-order valence-electron chi connectivity index (χ3n) is 3.86. The Morgan fingerprint density at radius 3 is 2.29 bits per heavy atom. The normalized spacial score (nSPS) is 18.0. The summed E-state index contributed by atoms with van der Waals surface area (Å²) in [5.74, 6) is 1.65. The second-order valence-corrected chi connectivity index (χ2v) is 6.27. The molecule has 0 heterocycles. The van der Waals surface area contributed by atoms with Crippen LogP contribution in [-0.2, 0) is 0 Å². The Morgan fingerprint density at radius 1 is 1.06 bits per heavy atom. The molecule has 1 fully saturated rings. The largest absolute Gasteiger partial charge is 0.330 e. The molecule has 0 amide bonds. The van der Waals surface area contributed by atoms with E-state index in [0.29, 0.717) is 0 Å². The highest BCUT2D eigenvalue weighted by atomic mass is 15.2.